The molecule has 0 aromatic carbocycles. The fourth-order valence-electron chi connectivity index (χ4n) is 2.39. The van der Waals surface area contributed by atoms with Gasteiger partial charge in [-0.15, -0.1) is 0 Å². The number of aliphatic hydroxyl groups excluding tert-OH is 1. The van der Waals surface area contributed by atoms with E-state index < -0.39 is 0 Å². The van der Waals surface area contributed by atoms with Crippen molar-refractivity contribution in [2.75, 3.05) is 19.7 Å². The van der Waals surface area contributed by atoms with Crippen LogP contribution >= 0.6 is 0 Å². The van der Waals surface area contributed by atoms with Crippen LogP contribution in [-0.2, 0) is 4.79 Å². The zero-order valence-corrected chi connectivity index (χ0v) is 12.0. The van der Waals surface area contributed by atoms with Crippen LogP contribution in [0.4, 0.5) is 0 Å². The summed E-state index contributed by atoms with van der Waals surface area (Å²) in [7, 11) is 0. The average Bonchev–Trinajstić information content (AvgIpc) is 2.34. The van der Waals surface area contributed by atoms with Gasteiger partial charge in [-0.25, -0.2) is 0 Å². The SMILES string of the molecule is CC(C)(C)NCC(=O)NCC1(CO)CCCCC1. The Kier molecular flexibility index (Phi) is 5.60. The van der Waals surface area contributed by atoms with E-state index in [1.54, 1.807) is 0 Å². The normalized spacial score (nSPS) is 19.6. The van der Waals surface area contributed by atoms with Gasteiger partial charge in [-0.05, 0) is 33.6 Å². The van der Waals surface area contributed by atoms with Crippen LogP contribution in [0.15, 0.2) is 0 Å². The van der Waals surface area contributed by atoms with Crippen LogP contribution < -0.4 is 10.6 Å². The van der Waals surface area contributed by atoms with E-state index >= 15 is 0 Å². The summed E-state index contributed by atoms with van der Waals surface area (Å²) in [6.07, 6.45) is 5.63. The van der Waals surface area contributed by atoms with Crippen molar-refractivity contribution in [3.05, 3.63) is 0 Å². The highest BCUT2D eigenvalue weighted by atomic mass is 16.3. The smallest absolute Gasteiger partial charge is 0.233 e. The number of nitrogens with one attached hydrogen (secondary N) is 2. The fraction of sp³-hybridized carbons (Fsp3) is 0.929. The maximum Gasteiger partial charge on any atom is 0.233 e. The second-order valence-electron chi connectivity index (χ2n) is 6.60. The van der Waals surface area contributed by atoms with E-state index in [4.69, 9.17) is 0 Å². The highest BCUT2D eigenvalue weighted by Gasteiger charge is 2.31. The summed E-state index contributed by atoms with van der Waals surface area (Å²) in [6, 6.07) is 0. The summed E-state index contributed by atoms with van der Waals surface area (Å²) in [5, 5.41) is 15.7. The lowest BCUT2D eigenvalue weighted by Gasteiger charge is -2.35. The molecule has 1 aliphatic rings. The second kappa shape index (κ2) is 6.53. The maximum atomic E-state index is 11.7. The predicted octanol–water partition coefficient (Wildman–Crippen LogP) is 1.43. The monoisotopic (exact) mass is 256 g/mol. The zero-order chi connectivity index (χ0) is 13.6. The van der Waals surface area contributed by atoms with Crippen molar-refractivity contribution >= 4 is 5.91 Å². The average molecular weight is 256 g/mol. The molecular weight excluding hydrogens is 228 g/mol. The van der Waals surface area contributed by atoms with E-state index in [9.17, 15) is 9.90 Å². The van der Waals surface area contributed by atoms with E-state index in [0.29, 0.717) is 13.1 Å². The topological polar surface area (TPSA) is 61.4 Å². The van der Waals surface area contributed by atoms with Gasteiger partial charge in [-0.2, -0.15) is 0 Å². The van der Waals surface area contributed by atoms with Gasteiger partial charge in [0, 0.05) is 17.5 Å². The standard InChI is InChI=1S/C14H28N2O2/c1-13(2,3)16-9-12(18)15-10-14(11-17)7-5-4-6-8-14/h16-17H,4-11H2,1-3H3,(H,15,18). The maximum absolute atomic E-state index is 11.7. The van der Waals surface area contributed by atoms with E-state index in [0.717, 1.165) is 25.7 Å². The molecule has 0 spiro atoms. The quantitative estimate of drug-likeness (QED) is 0.697. The van der Waals surface area contributed by atoms with Crippen LogP contribution in [0.5, 0.6) is 0 Å². The molecular formula is C14H28N2O2. The molecule has 4 heteroatoms. The van der Waals surface area contributed by atoms with Gasteiger partial charge in [-0.1, -0.05) is 19.3 Å². The number of amides is 1. The van der Waals surface area contributed by atoms with E-state index in [1.807, 2.05) is 20.8 Å². The predicted molar refractivity (Wildman–Crippen MR) is 73.4 cm³/mol. The van der Waals surface area contributed by atoms with Crippen molar-refractivity contribution in [2.24, 2.45) is 5.41 Å². The van der Waals surface area contributed by atoms with E-state index in [1.165, 1.54) is 6.42 Å². The molecule has 0 aromatic rings. The van der Waals surface area contributed by atoms with Gasteiger partial charge >= 0.3 is 0 Å². The molecule has 3 N–H and O–H groups in total. The summed E-state index contributed by atoms with van der Waals surface area (Å²) in [5.41, 5.74) is -0.119. The van der Waals surface area contributed by atoms with Crippen molar-refractivity contribution in [2.45, 2.75) is 58.4 Å². The van der Waals surface area contributed by atoms with Gasteiger partial charge in [0.25, 0.3) is 0 Å². The van der Waals surface area contributed by atoms with Crippen LogP contribution in [0.2, 0.25) is 0 Å². The lowest BCUT2D eigenvalue weighted by atomic mass is 9.74. The molecule has 1 fully saturated rings. The van der Waals surface area contributed by atoms with Gasteiger partial charge in [0.15, 0.2) is 0 Å². The lowest BCUT2D eigenvalue weighted by Crippen LogP contribution is -2.47. The number of aliphatic hydroxyl groups is 1. The molecule has 4 nitrogen and oxygen atoms in total. The first-order valence-electron chi connectivity index (χ1n) is 7.00. The molecule has 0 aliphatic heterocycles. The Bertz CT molecular complexity index is 265. The van der Waals surface area contributed by atoms with Gasteiger partial charge in [0.05, 0.1) is 13.2 Å². The van der Waals surface area contributed by atoms with Crippen LogP contribution in [0.25, 0.3) is 0 Å². The third kappa shape index (κ3) is 5.36. The summed E-state index contributed by atoms with van der Waals surface area (Å²) >= 11 is 0. The van der Waals surface area contributed by atoms with E-state index in [-0.39, 0.29) is 23.5 Å². The Morgan fingerprint density at radius 3 is 2.33 bits per heavy atom. The Labute approximate surface area is 111 Å². The van der Waals surface area contributed by atoms with Gasteiger partial charge in [-0.3, -0.25) is 4.79 Å². The molecule has 0 heterocycles. The molecule has 1 aliphatic carbocycles. The van der Waals surface area contributed by atoms with Gasteiger partial charge < -0.3 is 15.7 Å². The zero-order valence-electron chi connectivity index (χ0n) is 12.0. The fourth-order valence-corrected chi connectivity index (χ4v) is 2.39. The number of hydrogen-bond donors (Lipinski definition) is 3. The number of carbonyl (C=O) groups is 1. The summed E-state index contributed by atoms with van der Waals surface area (Å²) in [6.45, 7) is 7.24. The molecule has 0 radical (unpaired) electrons. The molecule has 1 saturated carbocycles. The second-order valence-corrected chi connectivity index (χ2v) is 6.60. The molecule has 0 atom stereocenters. The molecule has 0 bridgehead atoms. The van der Waals surface area contributed by atoms with Crippen molar-refractivity contribution in [3.63, 3.8) is 0 Å². The van der Waals surface area contributed by atoms with Crippen LogP contribution in [0, 0.1) is 5.41 Å². The van der Waals surface area contributed by atoms with Crippen LogP contribution in [0.1, 0.15) is 52.9 Å². The minimum absolute atomic E-state index is 0.0170. The Morgan fingerprint density at radius 1 is 1.22 bits per heavy atom. The van der Waals surface area contributed by atoms with Crippen LogP contribution in [-0.4, -0.2) is 36.2 Å². The Morgan fingerprint density at radius 2 is 1.83 bits per heavy atom. The third-order valence-corrected chi connectivity index (χ3v) is 3.69. The lowest BCUT2D eigenvalue weighted by molar-refractivity contribution is -0.121. The minimum Gasteiger partial charge on any atom is -0.396 e. The van der Waals surface area contributed by atoms with Crippen molar-refractivity contribution in [1.82, 2.24) is 10.6 Å². The highest BCUT2D eigenvalue weighted by Crippen LogP contribution is 2.35. The van der Waals surface area contributed by atoms with Gasteiger partial charge in [0.1, 0.15) is 0 Å². The van der Waals surface area contributed by atoms with Crippen LogP contribution in [0.3, 0.4) is 0 Å². The Hall–Kier alpha value is -0.610. The van der Waals surface area contributed by atoms with Crippen molar-refractivity contribution in [1.29, 1.82) is 0 Å². The number of hydrogen-bond acceptors (Lipinski definition) is 3. The summed E-state index contributed by atoms with van der Waals surface area (Å²) in [4.78, 5) is 11.7. The molecule has 0 saturated heterocycles. The molecule has 106 valence electrons. The summed E-state index contributed by atoms with van der Waals surface area (Å²) < 4.78 is 0. The Balaban J connectivity index is 2.32. The molecule has 18 heavy (non-hydrogen) atoms. The van der Waals surface area contributed by atoms with E-state index in [2.05, 4.69) is 10.6 Å². The summed E-state index contributed by atoms with van der Waals surface area (Å²) in [5.74, 6) is 0.0170. The van der Waals surface area contributed by atoms with Gasteiger partial charge in [0.2, 0.25) is 5.91 Å². The minimum atomic E-state index is -0.0738. The van der Waals surface area contributed by atoms with Crippen molar-refractivity contribution < 1.29 is 9.90 Å². The third-order valence-electron chi connectivity index (χ3n) is 3.69. The highest BCUT2D eigenvalue weighted by molar-refractivity contribution is 5.78. The molecule has 1 amide bonds. The molecule has 0 unspecified atom stereocenters. The first-order chi connectivity index (χ1) is 8.37. The number of carbonyl (C=O) groups excluding carboxylic acids is 1. The first-order valence-corrected chi connectivity index (χ1v) is 7.00. The number of rotatable bonds is 5. The first kappa shape index (κ1) is 15.4. The molecule has 1 rings (SSSR count). The largest absolute Gasteiger partial charge is 0.396 e. The molecule has 0 aromatic heterocycles. The van der Waals surface area contributed by atoms with Crippen molar-refractivity contribution in [3.8, 4) is 0 Å².